The van der Waals surface area contributed by atoms with E-state index in [0.29, 0.717) is 13.0 Å². The molecule has 0 fully saturated rings. The summed E-state index contributed by atoms with van der Waals surface area (Å²) in [6.45, 7) is 2.46. The second kappa shape index (κ2) is 9.18. The first-order valence-corrected chi connectivity index (χ1v) is 6.30. The van der Waals surface area contributed by atoms with Crippen molar-refractivity contribution >= 4 is 17.9 Å². The van der Waals surface area contributed by atoms with Crippen molar-refractivity contribution in [3.05, 3.63) is 0 Å². The van der Waals surface area contributed by atoms with Crippen LogP contribution in [0, 0.1) is 5.92 Å². The van der Waals surface area contributed by atoms with Crippen molar-refractivity contribution in [3.8, 4) is 0 Å². The van der Waals surface area contributed by atoms with Crippen molar-refractivity contribution in [2.75, 3.05) is 27.2 Å². The molecule has 110 valence electrons. The highest BCUT2D eigenvalue weighted by atomic mass is 16.4. The number of carboxylic acid groups (broad SMARTS) is 1. The first kappa shape index (κ1) is 17.2. The van der Waals surface area contributed by atoms with Gasteiger partial charge in [-0.1, -0.05) is 13.3 Å². The van der Waals surface area contributed by atoms with E-state index in [1.165, 1.54) is 4.90 Å². The minimum Gasteiger partial charge on any atom is -0.481 e. The van der Waals surface area contributed by atoms with Crippen molar-refractivity contribution in [2.45, 2.75) is 26.2 Å². The summed E-state index contributed by atoms with van der Waals surface area (Å²) in [5.41, 5.74) is 0. The highest BCUT2D eigenvalue weighted by Gasteiger charge is 2.12. The Morgan fingerprint density at radius 3 is 2.32 bits per heavy atom. The number of carbonyl (C=O) groups excluding carboxylic acids is 2. The first-order chi connectivity index (χ1) is 8.86. The first-order valence-electron chi connectivity index (χ1n) is 6.30. The maximum absolute atomic E-state index is 11.4. The molecule has 0 aromatic heterocycles. The fourth-order valence-corrected chi connectivity index (χ4v) is 1.41. The van der Waals surface area contributed by atoms with E-state index in [4.69, 9.17) is 5.11 Å². The zero-order chi connectivity index (χ0) is 14.8. The monoisotopic (exact) mass is 273 g/mol. The van der Waals surface area contributed by atoms with Crippen LogP contribution in [0.2, 0.25) is 0 Å². The highest BCUT2D eigenvalue weighted by molar-refractivity contribution is 5.77. The van der Waals surface area contributed by atoms with Crippen LogP contribution in [-0.2, 0) is 9.59 Å². The van der Waals surface area contributed by atoms with Crippen molar-refractivity contribution in [1.29, 1.82) is 0 Å². The van der Waals surface area contributed by atoms with Crippen LogP contribution in [0.1, 0.15) is 26.2 Å². The third-order valence-corrected chi connectivity index (χ3v) is 2.72. The summed E-state index contributed by atoms with van der Waals surface area (Å²) in [5, 5.41) is 13.8. The van der Waals surface area contributed by atoms with Crippen LogP contribution in [0.15, 0.2) is 0 Å². The van der Waals surface area contributed by atoms with Gasteiger partial charge in [0.05, 0.1) is 0 Å². The summed E-state index contributed by atoms with van der Waals surface area (Å²) in [7, 11) is 3.31. The Hall–Kier alpha value is -1.79. The number of nitrogens with one attached hydrogen (secondary N) is 2. The number of rotatable bonds is 8. The molecule has 0 rings (SSSR count). The average Bonchev–Trinajstić information content (AvgIpc) is 2.33. The molecule has 0 spiro atoms. The van der Waals surface area contributed by atoms with Crippen LogP contribution in [0.3, 0.4) is 0 Å². The molecule has 3 N–H and O–H groups in total. The van der Waals surface area contributed by atoms with Gasteiger partial charge in [-0.3, -0.25) is 9.59 Å². The van der Waals surface area contributed by atoms with Crippen LogP contribution in [0.4, 0.5) is 4.79 Å². The van der Waals surface area contributed by atoms with Gasteiger partial charge in [-0.25, -0.2) is 4.79 Å². The van der Waals surface area contributed by atoms with Crippen LogP contribution in [-0.4, -0.2) is 55.1 Å². The summed E-state index contributed by atoms with van der Waals surface area (Å²) < 4.78 is 0. The Labute approximate surface area is 113 Å². The summed E-state index contributed by atoms with van der Waals surface area (Å²) in [6.07, 6.45) is 0.967. The highest BCUT2D eigenvalue weighted by Crippen LogP contribution is 2.06. The molecule has 0 aliphatic carbocycles. The molecule has 0 saturated carbocycles. The van der Waals surface area contributed by atoms with Crippen LogP contribution in [0.5, 0.6) is 0 Å². The van der Waals surface area contributed by atoms with Gasteiger partial charge in [0.25, 0.3) is 0 Å². The number of carboxylic acids is 1. The quantitative estimate of drug-likeness (QED) is 0.591. The maximum Gasteiger partial charge on any atom is 0.314 e. The maximum atomic E-state index is 11.4. The van der Waals surface area contributed by atoms with Gasteiger partial charge in [0.2, 0.25) is 5.91 Å². The summed E-state index contributed by atoms with van der Waals surface area (Å²) >= 11 is 0. The van der Waals surface area contributed by atoms with Gasteiger partial charge in [-0.05, 0) is 5.92 Å². The van der Waals surface area contributed by atoms with E-state index >= 15 is 0 Å². The third-order valence-electron chi connectivity index (χ3n) is 2.72. The summed E-state index contributed by atoms with van der Waals surface area (Å²) in [4.78, 5) is 34.7. The molecule has 7 heteroatoms. The predicted octanol–water partition coefficient (Wildman–Crippen LogP) is 0.265. The number of amides is 3. The number of carbonyl (C=O) groups is 3. The van der Waals surface area contributed by atoms with E-state index in [1.807, 2.05) is 6.92 Å². The Bertz CT molecular complexity index is 318. The lowest BCUT2D eigenvalue weighted by Gasteiger charge is -2.14. The van der Waals surface area contributed by atoms with Crippen molar-refractivity contribution in [3.63, 3.8) is 0 Å². The molecular weight excluding hydrogens is 250 g/mol. The molecule has 1 atom stereocenters. The van der Waals surface area contributed by atoms with Crippen molar-refractivity contribution in [1.82, 2.24) is 15.5 Å². The Kier molecular flexibility index (Phi) is 8.32. The van der Waals surface area contributed by atoms with Gasteiger partial charge in [-0.2, -0.15) is 0 Å². The van der Waals surface area contributed by atoms with E-state index in [2.05, 4.69) is 10.6 Å². The molecule has 3 amide bonds. The summed E-state index contributed by atoms with van der Waals surface area (Å²) in [6, 6.07) is -0.379. The molecule has 0 aromatic carbocycles. The van der Waals surface area contributed by atoms with Crippen LogP contribution >= 0.6 is 0 Å². The molecule has 0 heterocycles. The molecule has 19 heavy (non-hydrogen) atoms. The molecule has 0 aromatic rings. The van der Waals surface area contributed by atoms with Crippen LogP contribution < -0.4 is 10.6 Å². The van der Waals surface area contributed by atoms with Crippen molar-refractivity contribution in [2.24, 2.45) is 5.92 Å². The van der Waals surface area contributed by atoms with Gasteiger partial charge in [-0.15, -0.1) is 0 Å². The van der Waals surface area contributed by atoms with E-state index < -0.39 is 5.97 Å². The second-order valence-corrected chi connectivity index (χ2v) is 4.55. The number of aliphatic carboxylic acids is 1. The smallest absolute Gasteiger partial charge is 0.314 e. The van der Waals surface area contributed by atoms with E-state index in [-0.39, 0.29) is 37.2 Å². The van der Waals surface area contributed by atoms with E-state index in [0.717, 1.165) is 0 Å². The lowest BCUT2D eigenvalue weighted by atomic mass is 10.0. The fourth-order valence-electron chi connectivity index (χ4n) is 1.41. The van der Waals surface area contributed by atoms with Crippen molar-refractivity contribution < 1.29 is 19.5 Å². The normalized spacial score (nSPS) is 11.5. The zero-order valence-electron chi connectivity index (χ0n) is 11.7. The standard InChI is InChI=1S/C12H23N3O4/c1-4-9(7-11(17)18)8-14-12(19)13-6-5-10(16)15(2)3/h9H,4-8H2,1-3H3,(H,17,18)(H2,13,14,19). The Morgan fingerprint density at radius 1 is 1.21 bits per heavy atom. The molecule has 0 bridgehead atoms. The fraction of sp³-hybridized carbons (Fsp3) is 0.750. The average molecular weight is 273 g/mol. The number of nitrogens with zero attached hydrogens (tertiary/aromatic N) is 1. The van der Waals surface area contributed by atoms with Gasteiger partial charge in [0.1, 0.15) is 0 Å². The second-order valence-electron chi connectivity index (χ2n) is 4.55. The minimum atomic E-state index is -0.870. The van der Waals surface area contributed by atoms with Gasteiger partial charge in [0.15, 0.2) is 0 Å². The molecule has 0 saturated heterocycles. The number of urea groups is 1. The summed E-state index contributed by atoms with van der Waals surface area (Å²) in [5.74, 6) is -1.00. The number of hydrogen-bond acceptors (Lipinski definition) is 3. The predicted molar refractivity (Wildman–Crippen MR) is 70.7 cm³/mol. The van der Waals surface area contributed by atoms with Gasteiger partial charge >= 0.3 is 12.0 Å². The SMILES string of the molecule is CCC(CNC(=O)NCCC(=O)N(C)C)CC(=O)O. The minimum absolute atomic E-state index is 0.0376. The van der Waals surface area contributed by atoms with E-state index in [1.54, 1.807) is 14.1 Å². The molecular formula is C12H23N3O4. The zero-order valence-corrected chi connectivity index (χ0v) is 11.7. The third kappa shape index (κ3) is 8.87. The Balaban J connectivity index is 3.80. The molecule has 0 radical (unpaired) electrons. The lowest BCUT2D eigenvalue weighted by Crippen LogP contribution is -2.40. The molecule has 1 unspecified atom stereocenters. The van der Waals surface area contributed by atoms with Gasteiger partial charge in [0, 0.05) is 40.0 Å². The van der Waals surface area contributed by atoms with E-state index in [9.17, 15) is 14.4 Å². The molecule has 0 aliphatic rings. The Morgan fingerprint density at radius 2 is 1.84 bits per heavy atom. The molecule has 0 aliphatic heterocycles. The molecule has 7 nitrogen and oxygen atoms in total. The topological polar surface area (TPSA) is 98.7 Å². The largest absolute Gasteiger partial charge is 0.481 e. The lowest BCUT2D eigenvalue weighted by molar-refractivity contribution is -0.138. The van der Waals surface area contributed by atoms with Crippen LogP contribution in [0.25, 0.3) is 0 Å². The van der Waals surface area contributed by atoms with Gasteiger partial charge < -0.3 is 20.6 Å². The number of hydrogen-bond donors (Lipinski definition) is 3.